The van der Waals surface area contributed by atoms with Gasteiger partial charge in [0.2, 0.25) is 0 Å². The molecule has 1 atom stereocenters. The Balaban J connectivity index is 2.34. The largest absolute Gasteiger partial charge is 0.453 e. The maximum Gasteiger partial charge on any atom is 0.339 e. The zero-order valence-corrected chi connectivity index (χ0v) is 7.82. The van der Waals surface area contributed by atoms with E-state index in [4.69, 9.17) is 4.74 Å². The van der Waals surface area contributed by atoms with Gasteiger partial charge in [0.15, 0.2) is 0 Å². The standard InChI is InChI=1S/C11H10O3/c1-7(12)6-10-8-4-2-3-5-9(8)11(13)14-10/h2-5,10H,6H2,1H3. The molecule has 14 heavy (non-hydrogen) atoms. The molecule has 0 N–H and O–H groups in total. The molecule has 3 heteroatoms. The fourth-order valence-corrected chi connectivity index (χ4v) is 1.63. The van der Waals surface area contributed by atoms with Gasteiger partial charge in [0.1, 0.15) is 11.9 Å². The van der Waals surface area contributed by atoms with E-state index in [1.807, 2.05) is 12.1 Å². The third-order valence-corrected chi connectivity index (χ3v) is 2.25. The van der Waals surface area contributed by atoms with Gasteiger partial charge in [-0.3, -0.25) is 4.79 Å². The minimum atomic E-state index is -0.379. The molecule has 1 aliphatic rings. The summed E-state index contributed by atoms with van der Waals surface area (Å²) in [4.78, 5) is 22.2. The Morgan fingerprint density at radius 1 is 1.43 bits per heavy atom. The van der Waals surface area contributed by atoms with E-state index in [0.29, 0.717) is 5.56 Å². The third kappa shape index (κ3) is 1.41. The van der Waals surface area contributed by atoms with Gasteiger partial charge in [-0.15, -0.1) is 0 Å². The number of ether oxygens (including phenoxy) is 1. The molecule has 1 heterocycles. The number of Topliss-reactive ketones (excluding diaryl/α,β-unsaturated/α-hetero) is 1. The summed E-state index contributed by atoms with van der Waals surface area (Å²) < 4.78 is 5.08. The van der Waals surface area contributed by atoms with Crippen LogP contribution in [0.1, 0.15) is 35.4 Å². The molecule has 0 saturated heterocycles. The van der Waals surface area contributed by atoms with Crippen LogP contribution in [0, 0.1) is 0 Å². The van der Waals surface area contributed by atoms with Gasteiger partial charge in [0.25, 0.3) is 0 Å². The molecule has 1 aliphatic heterocycles. The minimum absolute atomic E-state index is 0.0273. The minimum Gasteiger partial charge on any atom is -0.453 e. The molecular formula is C11H10O3. The van der Waals surface area contributed by atoms with E-state index >= 15 is 0 Å². The molecular weight excluding hydrogens is 180 g/mol. The Morgan fingerprint density at radius 2 is 2.14 bits per heavy atom. The quantitative estimate of drug-likeness (QED) is 0.669. The number of carbonyl (C=O) groups excluding carboxylic acids is 2. The van der Waals surface area contributed by atoms with Crippen molar-refractivity contribution in [3.05, 3.63) is 35.4 Å². The van der Waals surface area contributed by atoms with E-state index in [-0.39, 0.29) is 24.3 Å². The summed E-state index contributed by atoms with van der Waals surface area (Å²) in [5, 5.41) is 0. The molecule has 0 bridgehead atoms. The maximum absolute atomic E-state index is 11.3. The van der Waals surface area contributed by atoms with Gasteiger partial charge in [-0.25, -0.2) is 4.79 Å². The Kier molecular flexibility index (Phi) is 2.08. The summed E-state index contributed by atoms with van der Waals surface area (Å²) in [6.45, 7) is 1.49. The number of ketones is 1. The lowest BCUT2D eigenvalue weighted by atomic mass is 10.0. The topological polar surface area (TPSA) is 43.4 Å². The average Bonchev–Trinajstić information content (AvgIpc) is 2.44. The molecule has 0 amide bonds. The number of esters is 1. The summed E-state index contributed by atoms with van der Waals surface area (Å²) in [5.41, 5.74) is 1.41. The highest BCUT2D eigenvalue weighted by Gasteiger charge is 2.30. The van der Waals surface area contributed by atoms with Crippen molar-refractivity contribution in [1.82, 2.24) is 0 Å². The van der Waals surface area contributed by atoms with E-state index in [2.05, 4.69) is 0 Å². The Labute approximate surface area is 81.7 Å². The van der Waals surface area contributed by atoms with Crippen LogP contribution in [0.5, 0.6) is 0 Å². The van der Waals surface area contributed by atoms with Gasteiger partial charge in [-0.05, 0) is 13.0 Å². The van der Waals surface area contributed by atoms with Crippen molar-refractivity contribution in [3.63, 3.8) is 0 Å². The van der Waals surface area contributed by atoms with Crippen molar-refractivity contribution in [2.45, 2.75) is 19.4 Å². The van der Waals surface area contributed by atoms with Crippen LogP contribution in [-0.2, 0) is 9.53 Å². The highest BCUT2D eigenvalue weighted by atomic mass is 16.5. The molecule has 3 nitrogen and oxygen atoms in total. The summed E-state index contributed by atoms with van der Waals surface area (Å²) in [6.07, 6.45) is -0.112. The Bertz CT molecular complexity index is 393. The number of rotatable bonds is 2. The molecule has 0 radical (unpaired) electrons. The van der Waals surface area contributed by atoms with Crippen molar-refractivity contribution in [2.24, 2.45) is 0 Å². The van der Waals surface area contributed by atoms with Crippen LogP contribution in [0.2, 0.25) is 0 Å². The first-order chi connectivity index (χ1) is 6.68. The zero-order chi connectivity index (χ0) is 10.1. The van der Waals surface area contributed by atoms with Crippen LogP contribution in [0.4, 0.5) is 0 Å². The van der Waals surface area contributed by atoms with Crippen molar-refractivity contribution in [2.75, 3.05) is 0 Å². The van der Waals surface area contributed by atoms with Crippen molar-refractivity contribution in [3.8, 4) is 0 Å². The first-order valence-corrected chi connectivity index (χ1v) is 4.48. The van der Waals surface area contributed by atoms with Crippen LogP contribution in [0.3, 0.4) is 0 Å². The van der Waals surface area contributed by atoms with Gasteiger partial charge >= 0.3 is 5.97 Å². The van der Waals surface area contributed by atoms with Gasteiger partial charge in [0, 0.05) is 12.0 Å². The predicted molar refractivity (Wildman–Crippen MR) is 49.9 cm³/mol. The molecule has 72 valence electrons. The van der Waals surface area contributed by atoms with E-state index in [9.17, 15) is 9.59 Å². The number of cyclic esters (lactones) is 1. The van der Waals surface area contributed by atoms with E-state index in [1.165, 1.54) is 6.92 Å². The number of hydrogen-bond donors (Lipinski definition) is 0. The SMILES string of the molecule is CC(=O)CC1OC(=O)c2ccccc21. The number of benzene rings is 1. The van der Waals surface area contributed by atoms with E-state index < -0.39 is 0 Å². The molecule has 1 aromatic rings. The second kappa shape index (κ2) is 3.25. The number of carbonyl (C=O) groups is 2. The zero-order valence-electron chi connectivity index (χ0n) is 7.82. The maximum atomic E-state index is 11.3. The first-order valence-electron chi connectivity index (χ1n) is 4.48. The van der Waals surface area contributed by atoms with Crippen molar-refractivity contribution < 1.29 is 14.3 Å². The number of fused-ring (bicyclic) bond motifs is 1. The van der Waals surface area contributed by atoms with Gasteiger partial charge in [0.05, 0.1) is 5.56 Å². The highest BCUT2D eigenvalue weighted by Crippen LogP contribution is 2.32. The summed E-state index contributed by atoms with van der Waals surface area (Å²) in [6, 6.07) is 7.18. The monoisotopic (exact) mass is 190 g/mol. The molecule has 0 saturated carbocycles. The smallest absolute Gasteiger partial charge is 0.339 e. The van der Waals surface area contributed by atoms with Crippen molar-refractivity contribution in [1.29, 1.82) is 0 Å². The van der Waals surface area contributed by atoms with Crippen LogP contribution in [-0.4, -0.2) is 11.8 Å². The molecule has 0 aliphatic carbocycles. The van der Waals surface area contributed by atoms with Crippen LogP contribution < -0.4 is 0 Å². The van der Waals surface area contributed by atoms with Crippen LogP contribution in [0.25, 0.3) is 0 Å². The normalized spacial score (nSPS) is 18.9. The lowest BCUT2D eigenvalue weighted by molar-refractivity contribution is -0.118. The van der Waals surface area contributed by atoms with Gasteiger partial charge in [-0.1, -0.05) is 18.2 Å². The van der Waals surface area contributed by atoms with E-state index in [1.54, 1.807) is 12.1 Å². The summed E-state index contributed by atoms with van der Waals surface area (Å²) >= 11 is 0. The van der Waals surface area contributed by atoms with Gasteiger partial charge < -0.3 is 4.74 Å². The fourth-order valence-electron chi connectivity index (χ4n) is 1.63. The molecule has 0 aromatic heterocycles. The molecule has 0 spiro atoms. The third-order valence-electron chi connectivity index (χ3n) is 2.25. The Hall–Kier alpha value is -1.64. The molecule has 0 fully saturated rings. The van der Waals surface area contributed by atoms with Crippen molar-refractivity contribution >= 4 is 11.8 Å². The Morgan fingerprint density at radius 3 is 2.86 bits per heavy atom. The van der Waals surface area contributed by atoms with Crippen LogP contribution >= 0.6 is 0 Å². The fraction of sp³-hybridized carbons (Fsp3) is 0.273. The van der Waals surface area contributed by atoms with Gasteiger partial charge in [-0.2, -0.15) is 0 Å². The predicted octanol–water partition coefficient (Wildman–Crippen LogP) is 1.88. The summed E-state index contributed by atoms with van der Waals surface area (Å²) in [5.74, 6) is -0.300. The number of hydrogen-bond acceptors (Lipinski definition) is 3. The molecule has 1 aromatic carbocycles. The summed E-state index contributed by atoms with van der Waals surface area (Å²) in [7, 11) is 0. The highest BCUT2D eigenvalue weighted by molar-refractivity contribution is 5.94. The lowest BCUT2D eigenvalue weighted by Crippen LogP contribution is -2.03. The second-order valence-corrected chi connectivity index (χ2v) is 3.39. The average molecular weight is 190 g/mol. The van der Waals surface area contributed by atoms with E-state index in [0.717, 1.165) is 5.56 Å². The molecule has 1 unspecified atom stereocenters. The molecule has 2 rings (SSSR count). The lowest BCUT2D eigenvalue weighted by Gasteiger charge is -2.07. The first kappa shape index (κ1) is 8.94. The second-order valence-electron chi connectivity index (χ2n) is 3.39. The van der Waals surface area contributed by atoms with Crippen LogP contribution in [0.15, 0.2) is 24.3 Å².